The van der Waals surface area contributed by atoms with Crippen LogP contribution in [-0.4, -0.2) is 5.11 Å². The van der Waals surface area contributed by atoms with Crippen LogP contribution in [-0.2, 0) is 0 Å². The summed E-state index contributed by atoms with van der Waals surface area (Å²) < 4.78 is 19.4. The Kier molecular flexibility index (Phi) is 4.08. The first-order valence-corrected chi connectivity index (χ1v) is 6.27. The van der Waals surface area contributed by atoms with Gasteiger partial charge in [-0.05, 0) is 43.7 Å². The molecular weight excluding hydrogens is 267 g/mol. The van der Waals surface area contributed by atoms with Crippen LogP contribution in [0.15, 0.2) is 36.4 Å². The maximum absolute atomic E-state index is 13.7. The van der Waals surface area contributed by atoms with E-state index >= 15 is 0 Å². The van der Waals surface area contributed by atoms with Crippen LogP contribution in [0.5, 0.6) is 11.5 Å². The molecule has 0 radical (unpaired) electrons. The van der Waals surface area contributed by atoms with Crippen LogP contribution in [0.4, 0.5) is 4.39 Å². The fourth-order valence-corrected chi connectivity index (χ4v) is 1.98. The summed E-state index contributed by atoms with van der Waals surface area (Å²) in [5.74, 6) is 0.340. The molecule has 0 aliphatic rings. The molecule has 0 aliphatic carbocycles. The molecule has 0 spiro atoms. The van der Waals surface area contributed by atoms with Crippen LogP contribution in [0, 0.1) is 12.7 Å². The zero-order valence-electron chi connectivity index (χ0n) is 10.7. The van der Waals surface area contributed by atoms with Gasteiger partial charge in [0.25, 0.3) is 0 Å². The lowest BCUT2D eigenvalue weighted by Crippen LogP contribution is -2.00. The molecular formula is C15H14ClFO2. The van der Waals surface area contributed by atoms with Gasteiger partial charge in [-0.1, -0.05) is 23.7 Å². The van der Waals surface area contributed by atoms with Crippen molar-refractivity contribution in [3.63, 3.8) is 0 Å². The Balaban J connectivity index is 2.44. The van der Waals surface area contributed by atoms with Crippen molar-refractivity contribution < 1.29 is 14.2 Å². The van der Waals surface area contributed by atoms with Gasteiger partial charge in [0.1, 0.15) is 17.3 Å². The van der Waals surface area contributed by atoms with Crippen LogP contribution in [0.25, 0.3) is 0 Å². The molecule has 2 nitrogen and oxygen atoms in total. The Morgan fingerprint density at radius 1 is 1.21 bits per heavy atom. The van der Waals surface area contributed by atoms with Crippen molar-refractivity contribution in [2.24, 2.45) is 0 Å². The number of hydrogen-bond acceptors (Lipinski definition) is 2. The number of ether oxygens (including phenoxy) is 1. The molecule has 2 aromatic rings. The molecule has 0 saturated heterocycles. The van der Waals surface area contributed by atoms with Gasteiger partial charge in [0.2, 0.25) is 0 Å². The minimum absolute atomic E-state index is 0.141. The van der Waals surface area contributed by atoms with Crippen LogP contribution >= 0.6 is 11.6 Å². The summed E-state index contributed by atoms with van der Waals surface area (Å²) in [7, 11) is 0. The van der Waals surface area contributed by atoms with Crippen molar-refractivity contribution in [3.8, 4) is 11.5 Å². The zero-order chi connectivity index (χ0) is 14.0. The summed E-state index contributed by atoms with van der Waals surface area (Å²) in [5.41, 5.74) is 1.02. The van der Waals surface area contributed by atoms with Crippen LogP contribution in [0.1, 0.15) is 24.2 Å². The molecule has 1 atom stereocenters. The molecule has 0 unspecified atom stereocenters. The summed E-state index contributed by atoms with van der Waals surface area (Å²) in [5, 5.41) is 10.2. The summed E-state index contributed by atoms with van der Waals surface area (Å²) in [6.45, 7) is 3.36. The van der Waals surface area contributed by atoms with Crippen molar-refractivity contribution in [3.05, 3.63) is 58.4 Å². The molecule has 0 amide bonds. The van der Waals surface area contributed by atoms with Crippen LogP contribution in [0.2, 0.25) is 5.02 Å². The molecule has 0 fully saturated rings. The van der Waals surface area contributed by atoms with Crippen molar-refractivity contribution in [1.29, 1.82) is 0 Å². The first-order valence-electron chi connectivity index (χ1n) is 5.89. The third kappa shape index (κ3) is 3.06. The zero-order valence-corrected chi connectivity index (χ0v) is 11.4. The van der Waals surface area contributed by atoms with Gasteiger partial charge in [-0.3, -0.25) is 0 Å². The van der Waals surface area contributed by atoms with Crippen molar-refractivity contribution in [1.82, 2.24) is 0 Å². The Hall–Kier alpha value is -1.58. The highest BCUT2D eigenvalue weighted by molar-refractivity contribution is 6.30. The van der Waals surface area contributed by atoms with Gasteiger partial charge >= 0.3 is 0 Å². The second-order valence-electron chi connectivity index (χ2n) is 4.34. The Bertz CT molecular complexity index is 597. The number of aliphatic hydroxyl groups excluding tert-OH is 1. The van der Waals surface area contributed by atoms with E-state index in [0.29, 0.717) is 16.5 Å². The highest BCUT2D eigenvalue weighted by atomic mass is 35.5. The van der Waals surface area contributed by atoms with Gasteiger partial charge in [-0.25, -0.2) is 4.39 Å². The molecule has 0 bridgehead atoms. The van der Waals surface area contributed by atoms with Crippen LogP contribution < -0.4 is 4.74 Å². The van der Waals surface area contributed by atoms with E-state index in [-0.39, 0.29) is 5.56 Å². The molecule has 100 valence electrons. The number of benzene rings is 2. The van der Waals surface area contributed by atoms with E-state index in [4.69, 9.17) is 16.3 Å². The number of rotatable bonds is 3. The molecule has 1 N–H and O–H groups in total. The Morgan fingerprint density at radius 3 is 2.63 bits per heavy atom. The van der Waals surface area contributed by atoms with E-state index in [1.54, 1.807) is 18.2 Å². The second-order valence-corrected chi connectivity index (χ2v) is 4.78. The van der Waals surface area contributed by atoms with Gasteiger partial charge in [-0.15, -0.1) is 0 Å². The fraction of sp³-hybridized carbons (Fsp3) is 0.200. The van der Waals surface area contributed by atoms with E-state index in [0.717, 1.165) is 5.56 Å². The van der Waals surface area contributed by atoms with Gasteiger partial charge in [0.05, 0.1) is 11.7 Å². The first kappa shape index (κ1) is 13.8. The molecule has 2 aromatic carbocycles. The molecule has 4 heteroatoms. The largest absolute Gasteiger partial charge is 0.457 e. The highest BCUT2D eigenvalue weighted by Crippen LogP contribution is 2.34. The van der Waals surface area contributed by atoms with Gasteiger partial charge in [-0.2, -0.15) is 0 Å². The van der Waals surface area contributed by atoms with E-state index in [1.807, 2.05) is 13.0 Å². The molecule has 0 aliphatic heterocycles. The molecule has 2 rings (SSSR count). The van der Waals surface area contributed by atoms with Crippen molar-refractivity contribution >= 4 is 11.6 Å². The van der Waals surface area contributed by atoms with E-state index in [9.17, 15) is 9.50 Å². The number of halogens is 2. The predicted molar refractivity (Wildman–Crippen MR) is 73.3 cm³/mol. The molecule has 0 aromatic heterocycles. The third-order valence-corrected chi connectivity index (χ3v) is 3.04. The standard InChI is InChI=1S/C15H14ClFO2/c1-9-6-7-11(16)8-14(9)19-13-5-3-4-12(17)15(13)10(2)18/h3-8,10,18H,1-2H3/t10-/m0/s1. The second kappa shape index (κ2) is 5.59. The van der Waals surface area contributed by atoms with Gasteiger partial charge in [0.15, 0.2) is 0 Å². The number of aliphatic hydroxyl groups is 1. The minimum Gasteiger partial charge on any atom is -0.457 e. The topological polar surface area (TPSA) is 29.5 Å². The van der Waals surface area contributed by atoms with Crippen LogP contribution in [0.3, 0.4) is 0 Å². The normalized spacial score (nSPS) is 12.3. The molecule has 19 heavy (non-hydrogen) atoms. The average Bonchev–Trinajstić information content (AvgIpc) is 2.33. The number of aryl methyl sites for hydroxylation is 1. The molecule has 0 heterocycles. The van der Waals surface area contributed by atoms with E-state index in [1.165, 1.54) is 19.1 Å². The lowest BCUT2D eigenvalue weighted by molar-refractivity contribution is 0.190. The highest BCUT2D eigenvalue weighted by Gasteiger charge is 2.15. The lowest BCUT2D eigenvalue weighted by atomic mass is 10.1. The summed E-state index contributed by atoms with van der Waals surface area (Å²) in [4.78, 5) is 0. The van der Waals surface area contributed by atoms with Gasteiger partial charge in [0, 0.05) is 5.02 Å². The first-order chi connectivity index (χ1) is 8.99. The predicted octanol–water partition coefficient (Wildman–Crippen LogP) is 4.63. The van der Waals surface area contributed by atoms with E-state index in [2.05, 4.69) is 0 Å². The number of hydrogen-bond donors (Lipinski definition) is 1. The fourth-order valence-electron chi connectivity index (χ4n) is 1.81. The summed E-state index contributed by atoms with van der Waals surface area (Å²) in [6, 6.07) is 9.68. The summed E-state index contributed by atoms with van der Waals surface area (Å²) >= 11 is 5.91. The maximum Gasteiger partial charge on any atom is 0.136 e. The average molecular weight is 281 g/mol. The van der Waals surface area contributed by atoms with E-state index < -0.39 is 11.9 Å². The van der Waals surface area contributed by atoms with Crippen molar-refractivity contribution in [2.45, 2.75) is 20.0 Å². The van der Waals surface area contributed by atoms with Gasteiger partial charge < -0.3 is 9.84 Å². The Morgan fingerprint density at radius 2 is 1.95 bits per heavy atom. The molecule has 0 saturated carbocycles. The monoisotopic (exact) mass is 280 g/mol. The van der Waals surface area contributed by atoms with Crippen molar-refractivity contribution in [2.75, 3.05) is 0 Å². The summed E-state index contributed by atoms with van der Waals surface area (Å²) in [6.07, 6.45) is -0.948. The SMILES string of the molecule is Cc1ccc(Cl)cc1Oc1cccc(F)c1[C@H](C)O. The quantitative estimate of drug-likeness (QED) is 0.888. The third-order valence-electron chi connectivity index (χ3n) is 2.80. The Labute approximate surface area is 116 Å². The minimum atomic E-state index is -0.948. The smallest absolute Gasteiger partial charge is 0.136 e. The maximum atomic E-state index is 13.7. The lowest BCUT2D eigenvalue weighted by Gasteiger charge is -2.15.